The molecule has 0 aliphatic carbocycles. The molecule has 0 fully saturated rings. The molecule has 0 aliphatic rings. The number of carbonyl (C=O) groups excluding carboxylic acids is 2. The predicted molar refractivity (Wildman–Crippen MR) is 87.3 cm³/mol. The minimum atomic E-state index is -0.273. The van der Waals surface area contributed by atoms with Crippen molar-refractivity contribution < 1.29 is 14.3 Å². The van der Waals surface area contributed by atoms with Crippen LogP contribution in [0.2, 0.25) is 0 Å². The molecule has 0 atom stereocenters. The third-order valence-electron chi connectivity index (χ3n) is 3.04. The van der Waals surface area contributed by atoms with Gasteiger partial charge in [0, 0.05) is 39.0 Å². The van der Waals surface area contributed by atoms with Gasteiger partial charge in [-0.25, -0.2) is 0 Å². The number of hydrogen-bond donors (Lipinski definition) is 2. The highest BCUT2D eigenvalue weighted by Crippen LogP contribution is 2.29. The van der Waals surface area contributed by atoms with Gasteiger partial charge in [-0.3, -0.25) is 9.59 Å². The van der Waals surface area contributed by atoms with E-state index in [4.69, 9.17) is 0 Å². The molecule has 0 radical (unpaired) electrons. The van der Waals surface area contributed by atoms with E-state index < -0.39 is 0 Å². The van der Waals surface area contributed by atoms with E-state index in [0.29, 0.717) is 24.9 Å². The van der Waals surface area contributed by atoms with Gasteiger partial charge in [0.05, 0.1) is 12.7 Å². The van der Waals surface area contributed by atoms with E-state index in [2.05, 4.69) is 46.9 Å². The number of fused-ring (bicyclic) bond motifs is 1. The lowest BCUT2D eigenvalue weighted by atomic mass is 10.1. The van der Waals surface area contributed by atoms with Crippen LogP contribution in [0, 0.1) is 0 Å². The third kappa shape index (κ3) is 3.85. The molecule has 1 heterocycles. The minimum Gasteiger partial charge on any atom is -0.469 e. The molecule has 2 N–H and O–H groups in total. The van der Waals surface area contributed by atoms with E-state index in [1.165, 1.54) is 7.11 Å². The molecule has 0 aliphatic heterocycles. The highest BCUT2D eigenvalue weighted by Gasteiger charge is 2.13. The molecular formula is C14H14Br2N2O3. The average molecular weight is 418 g/mol. The topological polar surface area (TPSA) is 71.2 Å². The van der Waals surface area contributed by atoms with E-state index in [0.717, 1.165) is 19.8 Å². The van der Waals surface area contributed by atoms with Gasteiger partial charge in [-0.1, -0.05) is 0 Å². The quantitative estimate of drug-likeness (QED) is 0.578. The maximum Gasteiger partial charge on any atom is 0.305 e. The molecule has 112 valence electrons. The molecule has 1 aromatic heterocycles. The van der Waals surface area contributed by atoms with Gasteiger partial charge >= 0.3 is 5.97 Å². The number of esters is 1. The monoisotopic (exact) mass is 416 g/mol. The van der Waals surface area contributed by atoms with Crippen molar-refractivity contribution in [2.75, 3.05) is 13.7 Å². The Morgan fingerprint density at radius 3 is 2.71 bits per heavy atom. The van der Waals surface area contributed by atoms with Crippen molar-refractivity contribution in [3.8, 4) is 0 Å². The second kappa shape index (κ2) is 7.09. The van der Waals surface area contributed by atoms with E-state index in [-0.39, 0.29) is 11.9 Å². The molecule has 1 aromatic carbocycles. The number of amides is 1. The maximum absolute atomic E-state index is 12.2. The second-order valence-corrected chi connectivity index (χ2v) is 6.16. The van der Waals surface area contributed by atoms with Crippen LogP contribution in [0.25, 0.3) is 10.9 Å². The highest BCUT2D eigenvalue weighted by atomic mass is 79.9. The molecule has 7 heteroatoms. The molecule has 5 nitrogen and oxygen atoms in total. The zero-order valence-electron chi connectivity index (χ0n) is 11.3. The Labute approximate surface area is 138 Å². The molecule has 2 aromatic rings. The fraction of sp³-hybridized carbons (Fsp3) is 0.286. The van der Waals surface area contributed by atoms with Gasteiger partial charge in [0.25, 0.3) is 5.91 Å². The van der Waals surface area contributed by atoms with Crippen molar-refractivity contribution in [2.45, 2.75) is 12.8 Å². The zero-order valence-corrected chi connectivity index (χ0v) is 14.5. The number of rotatable bonds is 5. The first-order valence-electron chi connectivity index (χ1n) is 6.34. The first kappa shape index (κ1) is 16.0. The fourth-order valence-corrected chi connectivity index (χ4v) is 2.62. The first-order chi connectivity index (χ1) is 10.0. The van der Waals surface area contributed by atoms with Crippen molar-refractivity contribution in [3.63, 3.8) is 0 Å². The van der Waals surface area contributed by atoms with Crippen molar-refractivity contribution in [3.05, 3.63) is 32.8 Å². The highest BCUT2D eigenvalue weighted by molar-refractivity contribution is 9.13. The summed E-state index contributed by atoms with van der Waals surface area (Å²) < 4.78 is 6.35. The number of H-pyrrole nitrogens is 1. The van der Waals surface area contributed by atoms with Gasteiger partial charge in [0.15, 0.2) is 0 Å². The minimum absolute atomic E-state index is 0.166. The van der Waals surface area contributed by atoms with Gasteiger partial charge in [-0.2, -0.15) is 0 Å². The summed E-state index contributed by atoms with van der Waals surface area (Å²) in [6.07, 6.45) is 2.53. The second-order valence-electron chi connectivity index (χ2n) is 4.45. The van der Waals surface area contributed by atoms with Gasteiger partial charge in [-0.05, 0) is 50.4 Å². The van der Waals surface area contributed by atoms with Crippen molar-refractivity contribution in [1.29, 1.82) is 0 Å². The van der Waals surface area contributed by atoms with Crippen LogP contribution in [0.15, 0.2) is 27.3 Å². The largest absolute Gasteiger partial charge is 0.469 e. The maximum atomic E-state index is 12.2. The van der Waals surface area contributed by atoms with Crippen molar-refractivity contribution in [2.24, 2.45) is 0 Å². The van der Waals surface area contributed by atoms with Gasteiger partial charge in [0.1, 0.15) is 0 Å². The van der Waals surface area contributed by atoms with E-state index in [1.54, 1.807) is 6.20 Å². The van der Waals surface area contributed by atoms with Crippen molar-refractivity contribution >= 4 is 54.6 Å². The summed E-state index contributed by atoms with van der Waals surface area (Å²) in [5, 5.41) is 3.64. The molecule has 0 saturated heterocycles. The van der Waals surface area contributed by atoms with Crippen LogP contribution < -0.4 is 5.32 Å². The lowest BCUT2D eigenvalue weighted by Gasteiger charge is -2.04. The van der Waals surface area contributed by atoms with E-state index in [9.17, 15) is 9.59 Å². The summed E-state index contributed by atoms with van der Waals surface area (Å²) in [6.45, 7) is 0.429. The van der Waals surface area contributed by atoms with Crippen LogP contribution in [-0.4, -0.2) is 30.5 Å². The predicted octanol–water partition coefficient (Wildman–Crippen LogP) is 3.38. The molecule has 0 spiro atoms. The van der Waals surface area contributed by atoms with Gasteiger partial charge in [0.2, 0.25) is 0 Å². The lowest BCUT2D eigenvalue weighted by Crippen LogP contribution is -2.24. The zero-order chi connectivity index (χ0) is 15.4. The van der Waals surface area contributed by atoms with Gasteiger partial charge in [-0.15, -0.1) is 0 Å². The number of ether oxygens (including phenoxy) is 1. The summed E-state index contributed by atoms with van der Waals surface area (Å²) >= 11 is 6.85. The lowest BCUT2D eigenvalue weighted by molar-refractivity contribution is -0.140. The number of aromatic amines is 1. The van der Waals surface area contributed by atoms with Crippen LogP contribution in [0.1, 0.15) is 23.2 Å². The molecule has 0 bridgehead atoms. The van der Waals surface area contributed by atoms with E-state index in [1.807, 2.05) is 12.1 Å². The van der Waals surface area contributed by atoms with Gasteiger partial charge < -0.3 is 15.0 Å². The Hall–Kier alpha value is -1.34. The molecule has 0 saturated carbocycles. The number of aromatic nitrogens is 1. The molecule has 2 rings (SSSR count). The Morgan fingerprint density at radius 2 is 2.00 bits per heavy atom. The Balaban J connectivity index is 2.03. The van der Waals surface area contributed by atoms with Crippen LogP contribution in [0.5, 0.6) is 0 Å². The molecular weight excluding hydrogens is 404 g/mol. The van der Waals surface area contributed by atoms with E-state index >= 15 is 0 Å². The van der Waals surface area contributed by atoms with Crippen LogP contribution >= 0.6 is 31.9 Å². The molecule has 0 unspecified atom stereocenters. The average Bonchev–Trinajstić information content (AvgIpc) is 2.86. The summed E-state index contributed by atoms with van der Waals surface area (Å²) in [7, 11) is 1.35. The number of methoxy groups -OCH3 is 1. The SMILES string of the molecule is COC(=O)CCCNC(=O)c1c[nH]c2cc(Br)c(Br)cc12. The Bertz CT molecular complexity index is 682. The number of hydrogen-bond acceptors (Lipinski definition) is 3. The summed E-state index contributed by atoms with van der Waals surface area (Å²) in [6, 6.07) is 3.80. The van der Waals surface area contributed by atoms with Crippen molar-refractivity contribution in [1.82, 2.24) is 10.3 Å². The molecule has 21 heavy (non-hydrogen) atoms. The first-order valence-corrected chi connectivity index (χ1v) is 7.92. The number of halogens is 2. The Kier molecular flexibility index (Phi) is 5.41. The third-order valence-corrected chi connectivity index (χ3v) is 4.88. The molecule has 1 amide bonds. The smallest absolute Gasteiger partial charge is 0.305 e. The number of nitrogens with one attached hydrogen (secondary N) is 2. The van der Waals surface area contributed by atoms with Crippen LogP contribution in [0.3, 0.4) is 0 Å². The number of benzene rings is 1. The standard InChI is InChI=1S/C14H14Br2N2O3/c1-21-13(19)3-2-4-17-14(20)9-7-18-12-6-11(16)10(15)5-8(9)12/h5-7,18H,2-4H2,1H3,(H,17,20). The van der Waals surface area contributed by atoms with Crippen LogP contribution in [0.4, 0.5) is 0 Å². The summed E-state index contributed by atoms with van der Waals surface area (Å²) in [5.74, 6) is -0.439. The van der Waals surface area contributed by atoms with Crippen LogP contribution in [-0.2, 0) is 9.53 Å². The fourth-order valence-electron chi connectivity index (χ4n) is 1.94. The Morgan fingerprint density at radius 1 is 1.29 bits per heavy atom. The normalized spacial score (nSPS) is 10.6. The number of carbonyl (C=O) groups is 2. The summed E-state index contributed by atoms with van der Waals surface area (Å²) in [5.41, 5.74) is 1.46. The summed E-state index contributed by atoms with van der Waals surface area (Å²) in [4.78, 5) is 26.2.